The van der Waals surface area contributed by atoms with Crippen LogP contribution in [-0.2, 0) is 9.47 Å². The van der Waals surface area contributed by atoms with Crippen LogP contribution in [-0.4, -0.2) is 54.1 Å². The highest BCUT2D eigenvalue weighted by Gasteiger charge is 2.24. The Balaban J connectivity index is 2.24. The highest BCUT2D eigenvalue weighted by molar-refractivity contribution is 5.68. The molecule has 0 spiro atoms. The summed E-state index contributed by atoms with van der Waals surface area (Å²) in [4.78, 5) is 20.4. The van der Waals surface area contributed by atoms with E-state index in [1.807, 2.05) is 13.0 Å². The van der Waals surface area contributed by atoms with E-state index in [1.165, 1.54) is 13.3 Å². The number of nitrogens with one attached hydrogen (secondary N) is 3. The normalized spacial score (nSPS) is 12.7. The molecule has 0 saturated carbocycles. The fraction of sp³-hybridized carbons (Fsp3) is 0.520. The molecule has 2 heterocycles. The van der Waals surface area contributed by atoms with E-state index in [0.29, 0.717) is 6.42 Å². The van der Waals surface area contributed by atoms with Crippen molar-refractivity contribution >= 4 is 23.4 Å². The van der Waals surface area contributed by atoms with E-state index in [1.54, 1.807) is 27.7 Å². The summed E-state index contributed by atoms with van der Waals surface area (Å²) in [6.45, 7) is 9.39. The van der Waals surface area contributed by atoms with Gasteiger partial charge in [0, 0.05) is 25.3 Å². The summed E-state index contributed by atoms with van der Waals surface area (Å²) in [6.07, 6.45) is 2.03. The maximum atomic E-state index is 14.9. The number of nitriles is 1. The fourth-order valence-electron chi connectivity index (χ4n) is 3.26. The summed E-state index contributed by atoms with van der Waals surface area (Å²) in [5.41, 5.74) is -0.569. The second-order valence-corrected chi connectivity index (χ2v) is 9.28. The first-order valence-electron chi connectivity index (χ1n) is 11.9. The zero-order valence-electron chi connectivity index (χ0n) is 21.9. The van der Waals surface area contributed by atoms with Crippen LogP contribution in [0.4, 0.5) is 30.9 Å². The lowest BCUT2D eigenvalue weighted by atomic mass is 10.0. The summed E-state index contributed by atoms with van der Waals surface area (Å²) < 4.78 is 44.6. The van der Waals surface area contributed by atoms with Gasteiger partial charge in [0.05, 0.1) is 24.1 Å². The first-order valence-corrected chi connectivity index (χ1v) is 11.9. The van der Waals surface area contributed by atoms with Crippen LogP contribution in [0, 0.1) is 23.0 Å². The van der Waals surface area contributed by atoms with Gasteiger partial charge >= 0.3 is 6.09 Å². The number of alkyl carbamates (subject to hydrolysis) is 1. The van der Waals surface area contributed by atoms with Crippen LogP contribution in [0.5, 0.6) is 5.88 Å². The number of rotatable bonds is 12. The van der Waals surface area contributed by atoms with E-state index in [2.05, 4.69) is 25.9 Å². The molecule has 2 aromatic heterocycles. The van der Waals surface area contributed by atoms with Crippen LogP contribution >= 0.6 is 0 Å². The molecule has 0 aliphatic carbocycles. The molecule has 0 unspecified atom stereocenters. The van der Waals surface area contributed by atoms with Gasteiger partial charge in [-0.05, 0) is 40.2 Å². The number of halogens is 2. The Hall–Kier alpha value is -3.72. The van der Waals surface area contributed by atoms with Gasteiger partial charge < -0.3 is 30.2 Å². The quantitative estimate of drug-likeness (QED) is 0.335. The molecule has 0 aromatic carbocycles. The Morgan fingerprint density at radius 3 is 2.51 bits per heavy atom. The number of aromatic nitrogens is 2. The molecule has 3 N–H and O–H groups in total. The number of hydrogen-bond donors (Lipinski definition) is 3. The molecular formula is C25H34F2N6O4. The van der Waals surface area contributed by atoms with Gasteiger partial charge in [0.15, 0.2) is 23.3 Å². The van der Waals surface area contributed by atoms with Crippen LogP contribution in [0.2, 0.25) is 0 Å². The molecular weight excluding hydrogens is 486 g/mol. The van der Waals surface area contributed by atoms with Crippen molar-refractivity contribution in [1.82, 2.24) is 15.3 Å². The minimum Gasteiger partial charge on any atom is -0.473 e. The summed E-state index contributed by atoms with van der Waals surface area (Å²) in [7, 11) is 1.49. The number of hydrogen-bond acceptors (Lipinski definition) is 9. The van der Waals surface area contributed by atoms with E-state index in [9.17, 15) is 18.8 Å². The van der Waals surface area contributed by atoms with E-state index in [-0.39, 0.29) is 42.0 Å². The van der Waals surface area contributed by atoms with Gasteiger partial charge in [-0.25, -0.2) is 23.5 Å². The second-order valence-electron chi connectivity index (χ2n) is 9.28. The van der Waals surface area contributed by atoms with Gasteiger partial charge in [-0.15, -0.1) is 0 Å². The molecule has 202 valence electrons. The Labute approximate surface area is 215 Å². The van der Waals surface area contributed by atoms with Gasteiger partial charge in [0.2, 0.25) is 0 Å². The standard InChI is InChI=1S/C25H34F2N6O4/c1-7-8-20(15(2)30-24(34)37-25(3,4)5)32-22-18(26)11-16(13-28)21(33-22)31-17-12-19(27)23(29-14-17)36-10-9-35-6/h11-12,14-15,20H,7-10H2,1-6H3,(H,30,34)(H2,31,32,33)/t15-,20+/m0/s1. The smallest absolute Gasteiger partial charge is 0.407 e. The number of ether oxygens (including phenoxy) is 3. The highest BCUT2D eigenvalue weighted by atomic mass is 19.1. The first-order chi connectivity index (χ1) is 17.5. The summed E-state index contributed by atoms with van der Waals surface area (Å²) in [5.74, 6) is -1.82. The molecule has 0 aliphatic rings. The lowest BCUT2D eigenvalue weighted by Crippen LogP contribution is -2.46. The van der Waals surface area contributed by atoms with Crippen LogP contribution < -0.4 is 20.7 Å². The average molecular weight is 521 g/mol. The molecule has 2 rings (SSSR count). The van der Waals surface area contributed by atoms with Crippen molar-refractivity contribution < 1.29 is 27.8 Å². The Bertz CT molecular complexity index is 1100. The monoisotopic (exact) mass is 520 g/mol. The third-order valence-corrected chi connectivity index (χ3v) is 4.96. The molecule has 2 atom stereocenters. The fourth-order valence-corrected chi connectivity index (χ4v) is 3.26. The summed E-state index contributed by atoms with van der Waals surface area (Å²) in [5, 5.41) is 18.1. The Kier molecular flexibility index (Phi) is 10.8. The maximum absolute atomic E-state index is 14.9. The Morgan fingerprint density at radius 1 is 1.19 bits per heavy atom. The number of anilines is 3. The zero-order valence-corrected chi connectivity index (χ0v) is 21.9. The predicted molar refractivity (Wildman–Crippen MR) is 135 cm³/mol. The van der Waals surface area contributed by atoms with Gasteiger partial charge in [-0.1, -0.05) is 13.3 Å². The molecule has 12 heteroatoms. The Morgan fingerprint density at radius 2 is 1.92 bits per heavy atom. The van der Waals surface area contributed by atoms with E-state index >= 15 is 0 Å². The van der Waals surface area contributed by atoms with Gasteiger partial charge in [0.25, 0.3) is 5.88 Å². The lowest BCUT2D eigenvalue weighted by Gasteiger charge is -2.28. The van der Waals surface area contributed by atoms with Crippen molar-refractivity contribution in [3.05, 3.63) is 35.5 Å². The second kappa shape index (κ2) is 13.5. The van der Waals surface area contributed by atoms with E-state index in [0.717, 1.165) is 18.6 Å². The number of carbonyl (C=O) groups is 1. The van der Waals surface area contributed by atoms with Crippen LogP contribution in [0.1, 0.15) is 53.0 Å². The zero-order chi connectivity index (χ0) is 27.6. The molecule has 0 fully saturated rings. The van der Waals surface area contributed by atoms with Crippen molar-refractivity contribution in [2.24, 2.45) is 0 Å². The van der Waals surface area contributed by atoms with E-state index < -0.39 is 35.4 Å². The van der Waals surface area contributed by atoms with Crippen molar-refractivity contribution in [2.45, 2.75) is 65.1 Å². The molecule has 0 bridgehead atoms. The predicted octanol–water partition coefficient (Wildman–Crippen LogP) is 4.89. The number of methoxy groups -OCH3 is 1. The average Bonchev–Trinajstić information content (AvgIpc) is 2.80. The molecule has 0 saturated heterocycles. The number of pyridine rings is 2. The van der Waals surface area contributed by atoms with Crippen LogP contribution in [0.25, 0.3) is 0 Å². The minimum atomic E-state index is -0.751. The van der Waals surface area contributed by atoms with Crippen molar-refractivity contribution in [3.63, 3.8) is 0 Å². The van der Waals surface area contributed by atoms with Crippen molar-refractivity contribution in [2.75, 3.05) is 31.0 Å². The third kappa shape index (κ3) is 9.34. The summed E-state index contributed by atoms with van der Waals surface area (Å²) >= 11 is 0. The molecule has 37 heavy (non-hydrogen) atoms. The first kappa shape index (κ1) is 29.5. The van der Waals surface area contributed by atoms with Crippen molar-refractivity contribution in [3.8, 4) is 11.9 Å². The largest absolute Gasteiger partial charge is 0.473 e. The lowest BCUT2D eigenvalue weighted by molar-refractivity contribution is 0.0502. The molecule has 1 amide bonds. The highest BCUT2D eigenvalue weighted by Crippen LogP contribution is 2.26. The molecule has 0 radical (unpaired) electrons. The molecule has 10 nitrogen and oxygen atoms in total. The van der Waals surface area contributed by atoms with E-state index in [4.69, 9.17) is 14.2 Å². The molecule has 0 aliphatic heterocycles. The SMILES string of the molecule is CCC[C@@H](Nc1nc(Nc2cnc(OCCOC)c(F)c2)c(C#N)cc1F)[C@H](C)NC(=O)OC(C)(C)C. The topological polar surface area (TPSA) is 130 Å². The number of amides is 1. The van der Waals surface area contributed by atoms with Gasteiger partial charge in [-0.3, -0.25) is 0 Å². The minimum absolute atomic E-state index is 0.00338. The third-order valence-electron chi connectivity index (χ3n) is 4.96. The molecule has 2 aromatic rings. The van der Waals surface area contributed by atoms with Gasteiger partial charge in [-0.2, -0.15) is 5.26 Å². The van der Waals surface area contributed by atoms with Crippen LogP contribution in [0.15, 0.2) is 18.3 Å². The number of nitrogens with zero attached hydrogens (tertiary/aromatic N) is 3. The number of carbonyl (C=O) groups excluding carboxylic acids is 1. The van der Waals surface area contributed by atoms with Gasteiger partial charge in [0.1, 0.15) is 18.3 Å². The summed E-state index contributed by atoms with van der Waals surface area (Å²) in [6, 6.07) is 3.19. The van der Waals surface area contributed by atoms with Crippen LogP contribution in [0.3, 0.4) is 0 Å². The van der Waals surface area contributed by atoms with Crippen molar-refractivity contribution in [1.29, 1.82) is 5.26 Å². The maximum Gasteiger partial charge on any atom is 0.407 e.